The Morgan fingerprint density at radius 3 is 2.75 bits per heavy atom. The van der Waals surface area contributed by atoms with Gasteiger partial charge in [0.1, 0.15) is 0 Å². The molecule has 0 aliphatic heterocycles. The molecule has 0 aromatic carbocycles. The van der Waals surface area contributed by atoms with Gasteiger partial charge in [-0.15, -0.1) is 0 Å². The minimum atomic E-state index is -0.0615. The lowest BCUT2D eigenvalue weighted by atomic mass is 10.2. The maximum absolute atomic E-state index is 11.8. The third-order valence-corrected chi connectivity index (χ3v) is 2.17. The van der Waals surface area contributed by atoms with E-state index in [1.54, 1.807) is 12.4 Å². The Bertz CT molecular complexity index is 339. The Kier molecular flexibility index (Phi) is 5.32. The van der Waals surface area contributed by atoms with Crippen molar-refractivity contribution in [2.45, 2.75) is 26.7 Å². The third kappa shape index (κ3) is 3.53. The second-order valence-corrected chi connectivity index (χ2v) is 3.60. The highest BCUT2D eigenvalue weighted by Crippen LogP contribution is 2.13. The Hall–Kier alpha value is -1.58. The first-order valence-corrected chi connectivity index (χ1v) is 5.75. The summed E-state index contributed by atoms with van der Waals surface area (Å²) in [7, 11) is 0. The standard InChI is InChI=1S/C12H19N3O/c1-3-6-14-11-5-8-13-9-10(11)12(16)15-7-4-2/h5,8-9H,3-4,6-7H2,1-2H3,(H,13,14)(H,15,16). The highest BCUT2D eigenvalue weighted by atomic mass is 16.1. The molecule has 0 unspecified atom stereocenters. The largest absolute Gasteiger partial charge is 0.384 e. The smallest absolute Gasteiger partial charge is 0.254 e. The van der Waals surface area contributed by atoms with Crippen LogP contribution in [0.2, 0.25) is 0 Å². The second-order valence-electron chi connectivity index (χ2n) is 3.60. The SMILES string of the molecule is CCCNC(=O)c1cnccc1NCCC. The van der Waals surface area contributed by atoms with Gasteiger partial charge in [-0.3, -0.25) is 9.78 Å². The summed E-state index contributed by atoms with van der Waals surface area (Å²) in [5.41, 5.74) is 1.47. The molecule has 0 saturated carbocycles. The van der Waals surface area contributed by atoms with Gasteiger partial charge >= 0.3 is 0 Å². The number of nitrogens with one attached hydrogen (secondary N) is 2. The van der Waals surface area contributed by atoms with Crippen molar-refractivity contribution in [3.05, 3.63) is 24.0 Å². The lowest BCUT2D eigenvalue weighted by Gasteiger charge is -2.10. The van der Waals surface area contributed by atoms with E-state index in [2.05, 4.69) is 22.5 Å². The van der Waals surface area contributed by atoms with Crippen molar-refractivity contribution in [1.82, 2.24) is 10.3 Å². The van der Waals surface area contributed by atoms with E-state index in [4.69, 9.17) is 0 Å². The summed E-state index contributed by atoms with van der Waals surface area (Å²) in [6, 6.07) is 1.83. The fourth-order valence-corrected chi connectivity index (χ4v) is 1.32. The van der Waals surface area contributed by atoms with E-state index in [0.29, 0.717) is 12.1 Å². The van der Waals surface area contributed by atoms with Gasteiger partial charge in [0, 0.05) is 25.5 Å². The summed E-state index contributed by atoms with van der Waals surface area (Å²) in [6.45, 7) is 5.67. The molecule has 88 valence electrons. The van der Waals surface area contributed by atoms with Gasteiger partial charge in [0.15, 0.2) is 0 Å². The molecule has 2 N–H and O–H groups in total. The van der Waals surface area contributed by atoms with Crippen LogP contribution in [0.25, 0.3) is 0 Å². The van der Waals surface area contributed by atoms with E-state index in [-0.39, 0.29) is 5.91 Å². The zero-order valence-corrected chi connectivity index (χ0v) is 9.92. The molecule has 4 nitrogen and oxygen atoms in total. The van der Waals surface area contributed by atoms with E-state index in [1.807, 2.05) is 13.0 Å². The molecule has 1 aromatic heterocycles. The fraction of sp³-hybridized carbons (Fsp3) is 0.500. The number of nitrogens with zero attached hydrogens (tertiary/aromatic N) is 1. The number of pyridine rings is 1. The number of hydrogen-bond donors (Lipinski definition) is 2. The first-order chi connectivity index (χ1) is 7.79. The second kappa shape index (κ2) is 6.82. The number of aromatic nitrogens is 1. The van der Waals surface area contributed by atoms with Gasteiger partial charge in [0.2, 0.25) is 0 Å². The van der Waals surface area contributed by atoms with E-state index < -0.39 is 0 Å². The molecular weight excluding hydrogens is 202 g/mol. The number of amides is 1. The molecule has 4 heteroatoms. The Morgan fingerprint density at radius 2 is 2.06 bits per heavy atom. The van der Waals surface area contributed by atoms with Crippen molar-refractivity contribution in [3.8, 4) is 0 Å². The third-order valence-electron chi connectivity index (χ3n) is 2.17. The van der Waals surface area contributed by atoms with Crippen molar-refractivity contribution < 1.29 is 4.79 Å². The lowest BCUT2D eigenvalue weighted by molar-refractivity contribution is 0.0954. The number of anilines is 1. The number of rotatable bonds is 6. The fourth-order valence-electron chi connectivity index (χ4n) is 1.32. The molecule has 0 saturated heterocycles. The van der Waals surface area contributed by atoms with Crippen LogP contribution in [0.15, 0.2) is 18.5 Å². The van der Waals surface area contributed by atoms with Crippen LogP contribution in [0, 0.1) is 0 Å². The van der Waals surface area contributed by atoms with Crippen LogP contribution in [0.4, 0.5) is 5.69 Å². The van der Waals surface area contributed by atoms with Crippen molar-refractivity contribution in [1.29, 1.82) is 0 Å². The van der Waals surface area contributed by atoms with Gasteiger partial charge < -0.3 is 10.6 Å². The van der Waals surface area contributed by atoms with Crippen LogP contribution in [0.1, 0.15) is 37.0 Å². The monoisotopic (exact) mass is 221 g/mol. The summed E-state index contributed by atoms with van der Waals surface area (Å²) in [5.74, 6) is -0.0615. The Labute approximate surface area is 96.5 Å². The predicted octanol–water partition coefficient (Wildman–Crippen LogP) is 2.04. The maximum atomic E-state index is 11.8. The molecule has 0 bridgehead atoms. The number of carbonyl (C=O) groups is 1. The molecule has 1 aromatic rings. The molecule has 0 atom stereocenters. The topological polar surface area (TPSA) is 54.0 Å². The van der Waals surface area contributed by atoms with Crippen LogP contribution in [0.3, 0.4) is 0 Å². The molecule has 1 rings (SSSR count). The summed E-state index contributed by atoms with van der Waals surface area (Å²) in [6.07, 6.45) is 5.25. The summed E-state index contributed by atoms with van der Waals surface area (Å²) >= 11 is 0. The van der Waals surface area contributed by atoms with Crippen LogP contribution in [-0.4, -0.2) is 24.0 Å². The van der Waals surface area contributed by atoms with Crippen molar-refractivity contribution in [2.24, 2.45) is 0 Å². The molecular formula is C12H19N3O. The van der Waals surface area contributed by atoms with E-state index in [1.165, 1.54) is 0 Å². The van der Waals surface area contributed by atoms with Crippen molar-refractivity contribution >= 4 is 11.6 Å². The summed E-state index contributed by atoms with van der Waals surface area (Å²) < 4.78 is 0. The van der Waals surface area contributed by atoms with Crippen LogP contribution < -0.4 is 10.6 Å². The molecule has 16 heavy (non-hydrogen) atoms. The van der Waals surface area contributed by atoms with Gasteiger partial charge in [0.25, 0.3) is 5.91 Å². The van der Waals surface area contributed by atoms with Crippen molar-refractivity contribution in [3.63, 3.8) is 0 Å². The van der Waals surface area contributed by atoms with E-state index in [9.17, 15) is 4.79 Å². The molecule has 0 fully saturated rings. The van der Waals surface area contributed by atoms with Crippen LogP contribution in [-0.2, 0) is 0 Å². The van der Waals surface area contributed by atoms with Gasteiger partial charge in [-0.25, -0.2) is 0 Å². The maximum Gasteiger partial charge on any atom is 0.254 e. The minimum Gasteiger partial charge on any atom is -0.384 e. The lowest BCUT2D eigenvalue weighted by Crippen LogP contribution is -2.25. The van der Waals surface area contributed by atoms with Gasteiger partial charge in [-0.05, 0) is 18.9 Å². The van der Waals surface area contributed by atoms with E-state index in [0.717, 1.165) is 25.1 Å². The number of hydrogen-bond acceptors (Lipinski definition) is 3. The molecule has 0 radical (unpaired) electrons. The normalized spacial score (nSPS) is 9.88. The van der Waals surface area contributed by atoms with Gasteiger partial charge in [-0.1, -0.05) is 13.8 Å². The quantitative estimate of drug-likeness (QED) is 0.773. The first kappa shape index (κ1) is 12.5. The average molecular weight is 221 g/mol. The average Bonchev–Trinajstić information content (AvgIpc) is 2.33. The van der Waals surface area contributed by atoms with E-state index >= 15 is 0 Å². The number of carbonyl (C=O) groups excluding carboxylic acids is 1. The Balaban J connectivity index is 2.73. The highest BCUT2D eigenvalue weighted by Gasteiger charge is 2.09. The Morgan fingerprint density at radius 1 is 1.31 bits per heavy atom. The molecule has 1 amide bonds. The highest BCUT2D eigenvalue weighted by molar-refractivity contribution is 5.99. The molecule has 1 heterocycles. The summed E-state index contributed by atoms with van der Waals surface area (Å²) in [4.78, 5) is 15.8. The first-order valence-electron chi connectivity index (χ1n) is 5.75. The zero-order valence-electron chi connectivity index (χ0n) is 9.92. The molecule has 0 aliphatic carbocycles. The van der Waals surface area contributed by atoms with Gasteiger partial charge in [0.05, 0.1) is 11.3 Å². The van der Waals surface area contributed by atoms with Crippen LogP contribution >= 0.6 is 0 Å². The summed E-state index contributed by atoms with van der Waals surface area (Å²) in [5, 5.41) is 6.07. The molecule has 0 aliphatic rings. The minimum absolute atomic E-state index is 0.0615. The van der Waals surface area contributed by atoms with Gasteiger partial charge in [-0.2, -0.15) is 0 Å². The molecule has 0 spiro atoms. The predicted molar refractivity (Wildman–Crippen MR) is 65.6 cm³/mol. The zero-order chi connectivity index (χ0) is 11.8. The van der Waals surface area contributed by atoms with Crippen LogP contribution in [0.5, 0.6) is 0 Å². The van der Waals surface area contributed by atoms with Crippen molar-refractivity contribution in [2.75, 3.05) is 18.4 Å².